The molecule has 156 valence electrons. The van der Waals surface area contributed by atoms with Crippen molar-refractivity contribution in [2.45, 2.75) is 19.4 Å². The zero-order chi connectivity index (χ0) is 21.5. The molecule has 0 atom stereocenters. The lowest BCUT2D eigenvalue weighted by Crippen LogP contribution is -2.29. The Hall–Kier alpha value is -3.61. The smallest absolute Gasteiger partial charge is 0.307 e. The van der Waals surface area contributed by atoms with Crippen molar-refractivity contribution in [3.8, 4) is 5.75 Å². The molecule has 0 radical (unpaired) electrons. The lowest BCUT2D eigenvalue weighted by atomic mass is 10.1. The van der Waals surface area contributed by atoms with Crippen LogP contribution in [0.4, 0.5) is 0 Å². The van der Waals surface area contributed by atoms with Crippen molar-refractivity contribution in [3.63, 3.8) is 0 Å². The summed E-state index contributed by atoms with van der Waals surface area (Å²) in [5, 5.41) is 3.78. The van der Waals surface area contributed by atoms with Gasteiger partial charge in [0.2, 0.25) is 0 Å². The minimum absolute atomic E-state index is 0.0806. The van der Waals surface area contributed by atoms with E-state index in [1.807, 2.05) is 24.3 Å². The number of aromatic nitrogens is 1. The summed E-state index contributed by atoms with van der Waals surface area (Å²) in [5.74, 6) is 0.0328. The molecule has 0 aliphatic rings. The van der Waals surface area contributed by atoms with Gasteiger partial charge in [-0.15, -0.1) is 0 Å². The van der Waals surface area contributed by atoms with Gasteiger partial charge < -0.3 is 19.4 Å². The maximum atomic E-state index is 12.9. The van der Waals surface area contributed by atoms with E-state index in [1.54, 1.807) is 42.1 Å². The number of aryl methyl sites for hydroxylation is 2. The van der Waals surface area contributed by atoms with Gasteiger partial charge >= 0.3 is 5.97 Å². The second-order valence-electron chi connectivity index (χ2n) is 6.77. The van der Waals surface area contributed by atoms with Crippen molar-refractivity contribution in [3.05, 3.63) is 76.2 Å². The van der Waals surface area contributed by atoms with E-state index < -0.39 is 5.97 Å². The minimum Gasteiger partial charge on any atom is -0.497 e. The molecule has 0 bridgehead atoms. The van der Waals surface area contributed by atoms with E-state index in [0.717, 1.165) is 11.3 Å². The SMILES string of the molecule is COC(=O)CCNC(=O)c1cn(CCc2ccc(OC)cc2)c(=O)c2ccccc12. The Balaban J connectivity index is 1.85. The summed E-state index contributed by atoms with van der Waals surface area (Å²) >= 11 is 0. The van der Waals surface area contributed by atoms with Crippen LogP contribution >= 0.6 is 0 Å². The lowest BCUT2D eigenvalue weighted by molar-refractivity contribution is -0.140. The molecule has 1 amide bonds. The van der Waals surface area contributed by atoms with Crippen LogP contribution in [0.25, 0.3) is 10.8 Å². The van der Waals surface area contributed by atoms with Gasteiger partial charge in [-0.2, -0.15) is 0 Å². The summed E-state index contributed by atoms with van der Waals surface area (Å²) in [6.07, 6.45) is 2.30. The molecule has 0 saturated carbocycles. The number of amides is 1. The summed E-state index contributed by atoms with van der Waals surface area (Å²) < 4.78 is 11.3. The van der Waals surface area contributed by atoms with Gasteiger partial charge in [-0.3, -0.25) is 14.4 Å². The third-order valence-electron chi connectivity index (χ3n) is 4.88. The van der Waals surface area contributed by atoms with Crippen molar-refractivity contribution in [1.29, 1.82) is 0 Å². The Bertz CT molecular complexity index is 1100. The largest absolute Gasteiger partial charge is 0.497 e. The normalized spacial score (nSPS) is 10.6. The molecule has 7 nitrogen and oxygen atoms in total. The molecule has 7 heteroatoms. The molecule has 30 heavy (non-hydrogen) atoms. The first-order chi connectivity index (χ1) is 14.5. The Morgan fingerprint density at radius 2 is 1.70 bits per heavy atom. The predicted octanol–water partition coefficient (Wildman–Crippen LogP) is 2.55. The molecule has 0 fully saturated rings. The summed E-state index contributed by atoms with van der Waals surface area (Å²) in [4.78, 5) is 36.9. The monoisotopic (exact) mass is 408 g/mol. The second-order valence-corrected chi connectivity index (χ2v) is 6.77. The molecular weight excluding hydrogens is 384 g/mol. The number of rotatable bonds is 8. The number of hydrogen-bond donors (Lipinski definition) is 1. The van der Waals surface area contributed by atoms with E-state index in [-0.39, 0.29) is 24.4 Å². The van der Waals surface area contributed by atoms with Crippen LogP contribution in [0.15, 0.2) is 59.5 Å². The molecular formula is C23H24N2O5. The van der Waals surface area contributed by atoms with Crippen LogP contribution in [0.5, 0.6) is 5.75 Å². The van der Waals surface area contributed by atoms with Crippen molar-refractivity contribution in [1.82, 2.24) is 9.88 Å². The number of benzene rings is 2. The maximum Gasteiger partial charge on any atom is 0.307 e. The van der Waals surface area contributed by atoms with E-state index in [2.05, 4.69) is 10.1 Å². The average Bonchev–Trinajstić information content (AvgIpc) is 2.78. The molecule has 1 heterocycles. The van der Waals surface area contributed by atoms with Crippen LogP contribution in [0, 0.1) is 0 Å². The van der Waals surface area contributed by atoms with Crippen molar-refractivity contribution in [2.75, 3.05) is 20.8 Å². The molecule has 3 aromatic rings. The lowest BCUT2D eigenvalue weighted by Gasteiger charge is -2.13. The van der Waals surface area contributed by atoms with Gasteiger partial charge in [0.15, 0.2) is 0 Å². The number of ether oxygens (including phenoxy) is 2. The predicted molar refractivity (Wildman–Crippen MR) is 114 cm³/mol. The van der Waals surface area contributed by atoms with E-state index in [4.69, 9.17) is 4.74 Å². The molecule has 0 unspecified atom stereocenters. The van der Waals surface area contributed by atoms with E-state index in [1.165, 1.54) is 7.11 Å². The number of pyridine rings is 1. The number of esters is 1. The van der Waals surface area contributed by atoms with Gasteiger partial charge in [0.1, 0.15) is 5.75 Å². The molecule has 3 rings (SSSR count). The van der Waals surface area contributed by atoms with Crippen molar-refractivity contribution in [2.24, 2.45) is 0 Å². The fourth-order valence-electron chi connectivity index (χ4n) is 3.21. The van der Waals surface area contributed by atoms with Gasteiger partial charge in [-0.1, -0.05) is 30.3 Å². The summed E-state index contributed by atoms with van der Waals surface area (Å²) in [5.41, 5.74) is 1.30. The van der Waals surface area contributed by atoms with Gasteiger partial charge in [0.25, 0.3) is 11.5 Å². The van der Waals surface area contributed by atoms with Gasteiger partial charge in [-0.25, -0.2) is 0 Å². The third kappa shape index (κ3) is 4.86. The first kappa shape index (κ1) is 21.1. The first-order valence-corrected chi connectivity index (χ1v) is 9.63. The van der Waals surface area contributed by atoms with Crippen LogP contribution < -0.4 is 15.6 Å². The van der Waals surface area contributed by atoms with Gasteiger partial charge in [-0.05, 0) is 30.2 Å². The number of nitrogens with one attached hydrogen (secondary N) is 1. The molecule has 0 spiro atoms. The van der Waals surface area contributed by atoms with Crippen LogP contribution in [0.2, 0.25) is 0 Å². The number of nitrogens with zero attached hydrogens (tertiary/aromatic N) is 1. The quantitative estimate of drug-likeness (QED) is 0.579. The Labute approximate surface area is 174 Å². The standard InChI is InChI=1S/C23H24N2O5/c1-29-17-9-7-16(8-10-17)12-14-25-15-20(22(27)24-13-11-21(26)30-2)18-5-3-4-6-19(18)23(25)28/h3-10,15H,11-14H2,1-2H3,(H,24,27). The zero-order valence-corrected chi connectivity index (χ0v) is 17.0. The highest BCUT2D eigenvalue weighted by Gasteiger charge is 2.15. The van der Waals surface area contributed by atoms with Gasteiger partial charge in [0, 0.05) is 30.1 Å². The van der Waals surface area contributed by atoms with E-state index >= 15 is 0 Å². The topological polar surface area (TPSA) is 86.6 Å². The van der Waals surface area contributed by atoms with Crippen molar-refractivity contribution >= 4 is 22.6 Å². The third-order valence-corrected chi connectivity index (χ3v) is 4.88. The first-order valence-electron chi connectivity index (χ1n) is 9.63. The number of carbonyl (C=O) groups excluding carboxylic acids is 2. The maximum absolute atomic E-state index is 12.9. The molecule has 1 aromatic heterocycles. The number of fused-ring (bicyclic) bond motifs is 1. The highest BCUT2D eigenvalue weighted by Crippen LogP contribution is 2.16. The fraction of sp³-hybridized carbons (Fsp3) is 0.261. The van der Waals surface area contributed by atoms with Crippen LogP contribution in [0.3, 0.4) is 0 Å². The molecule has 1 N–H and O–H groups in total. The summed E-state index contributed by atoms with van der Waals surface area (Å²) in [7, 11) is 2.91. The van der Waals surface area contributed by atoms with Crippen LogP contribution in [-0.4, -0.2) is 37.2 Å². The highest BCUT2D eigenvalue weighted by molar-refractivity contribution is 6.06. The second kappa shape index (κ2) is 9.73. The molecule has 0 aliphatic carbocycles. The summed E-state index contributed by atoms with van der Waals surface area (Å²) in [6, 6.07) is 14.7. The Morgan fingerprint density at radius 3 is 2.37 bits per heavy atom. The van der Waals surface area contributed by atoms with Crippen LogP contribution in [-0.2, 0) is 22.5 Å². The van der Waals surface area contributed by atoms with E-state index in [9.17, 15) is 14.4 Å². The highest BCUT2D eigenvalue weighted by atomic mass is 16.5. The minimum atomic E-state index is -0.399. The number of carbonyl (C=O) groups is 2. The average molecular weight is 408 g/mol. The fourth-order valence-corrected chi connectivity index (χ4v) is 3.21. The Morgan fingerprint density at radius 1 is 1.00 bits per heavy atom. The molecule has 2 aromatic carbocycles. The zero-order valence-electron chi connectivity index (χ0n) is 17.0. The number of methoxy groups -OCH3 is 2. The number of hydrogen-bond acceptors (Lipinski definition) is 5. The Kier molecular flexibility index (Phi) is 6.85. The van der Waals surface area contributed by atoms with Crippen LogP contribution in [0.1, 0.15) is 22.3 Å². The molecule has 0 aliphatic heterocycles. The summed E-state index contributed by atoms with van der Waals surface area (Å²) in [6.45, 7) is 0.587. The van der Waals surface area contributed by atoms with Gasteiger partial charge in [0.05, 0.1) is 26.2 Å². The van der Waals surface area contributed by atoms with E-state index in [0.29, 0.717) is 29.3 Å². The molecule has 0 saturated heterocycles. The van der Waals surface area contributed by atoms with Crippen molar-refractivity contribution < 1.29 is 19.1 Å².